The van der Waals surface area contributed by atoms with Crippen LogP contribution in [0.4, 0.5) is 5.88 Å². The molecule has 0 saturated heterocycles. The van der Waals surface area contributed by atoms with Crippen molar-refractivity contribution in [3.63, 3.8) is 0 Å². The molecule has 27 heavy (non-hydrogen) atoms. The molecule has 0 spiro atoms. The Morgan fingerprint density at radius 3 is 2.59 bits per heavy atom. The number of hydrogen-bond acceptors (Lipinski definition) is 6. The molecule has 1 aliphatic rings. The van der Waals surface area contributed by atoms with Crippen molar-refractivity contribution in [3.8, 4) is 17.0 Å². The summed E-state index contributed by atoms with van der Waals surface area (Å²) in [7, 11) is 3.51. The fourth-order valence-corrected chi connectivity index (χ4v) is 3.27. The van der Waals surface area contributed by atoms with Crippen LogP contribution < -0.4 is 19.6 Å². The fraction of sp³-hybridized carbons (Fsp3) is 0.250. The smallest absolute Gasteiger partial charge is 0.341 e. The van der Waals surface area contributed by atoms with Gasteiger partial charge in [-0.2, -0.15) is 0 Å². The van der Waals surface area contributed by atoms with Crippen molar-refractivity contribution in [2.75, 3.05) is 19.2 Å². The van der Waals surface area contributed by atoms with Crippen LogP contribution in [-0.2, 0) is 5.54 Å². The van der Waals surface area contributed by atoms with E-state index < -0.39 is 5.90 Å². The Balaban J connectivity index is 1.82. The summed E-state index contributed by atoms with van der Waals surface area (Å²) in [5.41, 5.74) is 2.88. The number of hydrogen-bond donors (Lipinski definition) is 0. The van der Waals surface area contributed by atoms with E-state index in [2.05, 4.69) is 30.2 Å². The second-order valence-corrected chi connectivity index (χ2v) is 6.89. The minimum Gasteiger partial charge on any atom is -0.858 e. The first kappa shape index (κ1) is 17.1. The average Bonchev–Trinajstić information content (AvgIpc) is 3.10. The lowest BCUT2D eigenvalue weighted by atomic mass is 9.87. The molecule has 0 unspecified atom stereocenters. The lowest BCUT2D eigenvalue weighted by Crippen LogP contribution is -2.67. The van der Waals surface area contributed by atoms with Gasteiger partial charge in [0.25, 0.3) is 0 Å². The van der Waals surface area contributed by atoms with E-state index in [0.29, 0.717) is 17.0 Å². The van der Waals surface area contributed by atoms with E-state index in [4.69, 9.17) is 9.26 Å². The maximum absolute atomic E-state index is 12.6. The summed E-state index contributed by atoms with van der Waals surface area (Å²) in [6.45, 7) is 4.21. The van der Waals surface area contributed by atoms with E-state index in [-0.39, 0.29) is 11.4 Å². The molecule has 2 heterocycles. The highest BCUT2D eigenvalue weighted by molar-refractivity contribution is 5.93. The number of methoxy groups -OCH3 is 1. The zero-order chi connectivity index (χ0) is 19.2. The lowest BCUT2D eigenvalue weighted by molar-refractivity contribution is -0.756. The molecule has 1 aromatic heterocycles. The number of rotatable bonds is 3. The molecule has 7 heteroatoms. The van der Waals surface area contributed by atoms with Crippen LogP contribution in [0.2, 0.25) is 0 Å². The summed E-state index contributed by atoms with van der Waals surface area (Å²) < 4.78 is 10.6. The maximum atomic E-state index is 12.6. The number of benzene rings is 2. The molecule has 0 bridgehead atoms. The molecule has 2 aromatic carbocycles. The van der Waals surface area contributed by atoms with Gasteiger partial charge in [-0.1, -0.05) is 30.3 Å². The van der Waals surface area contributed by atoms with Crippen molar-refractivity contribution in [2.24, 2.45) is 4.99 Å². The van der Waals surface area contributed by atoms with Gasteiger partial charge < -0.3 is 9.84 Å². The van der Waals surface area contributed by atoms with Gasteiger partial charge in [0.15, 0.2) is 0 Å². The third kappa shape index (κ3) is 2.63. The second-order valence-electron chi connectivity index (χ2n) is 6.89. The van der Waals surface area contributed by atoms with Crippen molar-refractivity contribution in [1.82, 2.24) is 5.27 Å². The largest absolute Gasteiger partial charge is 0.858 e. The van der Waals surface area contributed by atoms with Gasteiger partial charge in [-0.15, -0.1) is 5.01 Å². The van der Waals surface area contributed by atoms with Crippen LogP contribution in [-0.4, -0.2) is 25.3 Å². The van der Waals surface area contributed by atoms with Gasteiger partial charge in [0.05, 0.1) is 24.5 Å². The van der Waals surface area contributed by atoms with Gasteiger partial charge in [-0.25, -0.2) is 4.99 Å². The maximum Gasteiger partial charge on any atom is 0.341 e. The predicted molar refractivity (Wildman–Crippen MR) is 98.5 cm³/mol. The molecule has 0 amide bonds. The summed E-state index contributed by atoms with van der Waals surface area (Å²) in [6, 6.07) is 14.8. The molecular formula is C20H20N4O3. The Hall–Kier alpha value is -3.35. The van der Waals surface area contributed by atoms with E-state index in [1.54, 1.807) is 36.2 Å². The molecule has 0 fully saturated rings. The first-order valence-corrected chi connectivity index (χ1v) is 8.59. The number of fused-ring (bicyclic) bond motifs is 3. The molecule has 0 atom stereocenters. The van der Waals surface area contributed by atoms with E-state index in [1.165, 1.54) is 0 Å². The minimum atomic E-state index is -0.401. The number of aromatic nitrogens is 2. The lowest BCUT2D eigenvalue weighted by Gasteiger charge is -2.33. The van der Waals surface area contributed by atoms with Gasteiger partial charge in [0.2, 0.25) is 5.27 Å². The van der Waals surface area contributed by atoms with E-state index in [1.807, 2.05) is 30.3 Å². The van der Waals surface area contributed by atoms with Gasteiger partial charge in [0.1, 0.15) is 11.3 Å². The normalized spacial score (nSPS) is 15.3. The molecule has 3 aromatic rings. The summed E-state index contributed by atoms with van der Waals surface area (Å²) in [5.74, 6) is 0.463. The van der Waals surface area contributed by atoms with Crippen LogP contribution in [0, 0.1) is 0 Å². The van der Waals surface area contributed by atoms with Crippen molar-refractivity contribution in [1.29, 1.82) is 0 Å². The van der Waals surface area contributed by atoms with Gasteiger partial charge in [0, 0.05) is 0 Å². The Kier molecular flexibility index (Phi) is 3.87. The molecule has 0 N–H and O–H groups in total. The van der Waals surface area contributed by atoms with Crippen molar-refractivity contribution >= 4 is 11.8 Å². The molecule has 138 valence electrons. The van der Waals surface area contributed by atoms with Crippen LogP contribution in [0.5, 0.6) is 5.75 Å². The summed E-state index contributed by atoms with van der Waals surface area (Å²) >= 11 is 0. The number of aliphatic imine (C=N–C) groups is 1. The van der Waals surface area contributed by atoms with Crippen LogP contribution in [0.3, 0.4) is 0 Å². The zero-order valence-corrected chi connectivity index (χ0v) is 15.6. The van der Waals surface area contributed by atoms with E-state index in [0.717, 1.165) is 11.1 Å². The Morgan fingerprint density at radius 2 is 1.89 bits per heavy atom. The van der Waals surface area contributed by atoms with Gasteiger partial charge in [-0.3, -0.25) is 4.52 Å². The highest BCUT2D eigenvalue weighted by atomic mass is 16.5. The monoisotopic (exact) mass is 364 g/mol. The standard InChI is InChI=1S/C20H20N4O3/c1-20(2)16-8-6-5-7-15(16)17-19(27-22-24(17)23(20)3)21-18(25)13-9-11-14(26-4)12-10-13/h5-12H,1-4H3. The zero-order valence-electron chi connectivity index (χ0n) is 15.6. The third-order valence-electron chi connectivity index (χ3n) is 5.08. The molecule has 1 aliphatic heterocycles. The quantitative estimate of drug-likeness (QED) is 0.403. The first-order valence-electron chi connectivity index (χ1n) is 8.59. The summed E-state index contributed by atoms with van der Waals surface area (Å²) in [5, 5.41) is 18.7. The Morgan fingerprint density at radius 1 is 1.19 bits per heavy atom. The SMILES string of the molecule is COc1ccc(/C([O-])=N\c2on[n+]3c2-c2ccccc2C(C)(C)N3C)cc1. The molecule has 0 saturated carbocycles. The van der Waals surface area contributed by atoms with Crippen LogP contribution >= 0.6 is 0 Å². The second kappa shape index (κ2) is 6.12. The molecular weight excluding hydrogens is 344 g/mol. The predicted octanol–water partition coefficient (Wildman–Crippen LogP) is 1.89. The molecule has 7 nitrogen and oxygen atoms in total. The number of ether oxygens (including phenoxy) is 1. The average molecular weight is 364 g/mol. The summed E-state index contributed by atoms with van der Waals surface area (Å²) in [6.07, 6.45) is 0. The Labute approximate surface area is 157 Å². The fourth-order valence-electron chi connectivity index (χ4n) is 3.27. The van der Waals surface area contributed by atoms with E-state index in [9.17, 15) is 5.11 Å². The van der Waals surface area contributed by atoms with Crippen molar-refractivity contribution in [2.45, 2.75) is 19.4 Å². The van der Waals surface area contributed by atoms with Crippen LogP contribution in [0.1, 0.15) is 25.0 Å². The highest BCUT2D eigenvalue weighted by Crippen LogP contribution is 2.39. The van der Waals surface area contributed by atoms with Crippen LogP contribution in [0.25, 0.3) is 11.3 Å². The van der Waals surface area contributed by atoms with Gasteiger partial charge >= 0.3 is 11.6 Å². The first-order chi connectivity index (χ1) is 12.9. The third-order valence-corrected chi connectivity index (χ3v) is 5.08. The van der Waals surface area contributed by atoms with Crippen LogP contribution in [0.15, 0.2) is 58.0 Å². The number of nitrogens with zero attached hydrogens (tertiary/aromatic N) is 4. The summed E-state index contributed by atoms with van der Waals surface area (Å²) in [4.78, 5) is 5.84. The van der Waals surface area contributed by atoms with Crippen molar-refractivity contribution in [3.05, 3.63) is 59.7 Å². The highest BCUT2D eigenvalue weighted by Gasteiger charge is 2.46. The molecule has 4 rings (SSSR count). The topological polar surface area (TPSA) is 77.8 Å². The molecule has 0 radical (unpaired) electrons. The minimum absolute atomic E-state index is 0.186. The molecule has 0 aliphatic carbocycles. The van der Waals surface area contributed by atoms with E-state index >= 15 is 0 Å². The van der Waals surface area contributed by atoms with Gasteiger partial charge in [-0.05, 0) is 49.1 Å². The Bertz CT molecular complexity index is 1020. The van der Waals surface area contributed by atoms with Crippen molar-refractivity contribution < 1.29 is 19.2 Å².